The number of likely N-dealkylation sites (N-methyl/N-ethyl adjacent to an activating group) is 1. The maximum absolute atomic E-state index is 14.0. The number of piperazine rings is 1. The highest BCUT2D eigenvalue weighted by Gasteiger charge is 2.58. The summed E-state index contributed by atoms with van der Waals surface area (Å²) in [6.45, 7) is 1.00. The monoisotopic (exact) mass is 660 g/mol. The van der Waals surface area contributed by atoms with Crippen molar-refractivity contribution in [1.82, 2.24) is 15.1 Å². The molecule has 0 spiro atoms. The van der Waals surface area contributed by atoms with Gasteiger partial charge in [-0.2, -0.15) is 5.10 Å². The highest BCUT2D eigenvalue weighted by molar-refractivity contribution is 6.62. The minimum atomic E-state index is -2.16. The van der Waals surface area contributed by atoms with Gasteiger partial charge in [-0.25, -0.2) is 8.78 Å². The number of fused-ring (bicyclic) bond motifs is 1. The molecule has 1 amide bonds. The number of hydrogen-bond acceptors (Lipinski definition) is 6. The summed E-state index contributed by atoms with van der Waals surface area (Å²) in [7, 11) is 65.9. The van der Waals surface area contributed by atoms with Crippen molar-refractivity contribution >= 4 is 112 Å². The Bertz CT molecular complexity index is 1940. The van der Waals surface area contributed by atoms with Gasteiger partial charge in [0.05, 0.1) is 89.5 Å². The van der Waals surface area contributed by atoms with E-state index >= 15 is 0 Å². The molecule has 4 aromatic rings. The third-order valence-electron chi connectivity index (χ3n) is 9.83. The number of aromatic nitrogens is 2. The first-order valence-corrected chi connectivity index (χ1v) is 15.9. The zero-order valence-corrected chi connectivity index (χ0v) is 27.8. The molecular weight excluding hydrogens is 634 g/mol. The highest BCUT2D eigenvalue weighted by Crippen LogP contribution is 2.45. The standard InChI is InChI=1S/C31H24B10F2N6O2/c1-48-28(34,35)30(38,39)49(31(40,41)29(48,36)37)20-3-4-21(24(14-20)44-19-6-8-51-9-7-19)26(50)45-25-22-12-15(2-5-23(22)46-47-25)27(32,33)16-10-17(42)13-18(43)11-16/h2-5,10-14,19,44H,6-9H2,1H3,(H2,45,46,47,50). The van der Waals surface area contributed by atoms with Crippen LogP contribution in [-0.2, 0) is 9.95 Å². The van der Waals surface area contributed by atoms with E-state index in [-0.39, 0.29) is 28.7 Å². The molecule has 2 fully saturated rings. The molecule has 2 aliphatic rings. The first-order valence-electron chi connectivity index (χ1n) is 15.9. The van der Waals surface area contributed by atoms with Crippen LogP contribution >= 0.6 is 0 Å². The van der Waals surface area contributed by atoms with Crippen molar-refractivity contribution in [3.8, 4) is 0 Å². The zero-order valence-electron chi connectivity index (χ0n) is 27.8. The number of aromatic amines is 1. The number of ether oxygens (including phenoxy) is 1. The minimum Gasteiger partial charge on any atom is -0.394 e. The van der Waals surface area contributed by atoms with Crippen LogP contribution in [0.5, 0.6) is 0 Å². The van der Waals surface area contributed by atoms with Gasteiger partial charge in [0.15, 0.2) is 5.82 Å². The van der Waals surface area contributed by atoms with Crippen molar-refractivity contribution in [1.29, 1.82) is 0 Å². The number of amides is 1. The van der Waals surface area contributed by atoms with E-state index in [1.807, 2.05) is 0 Å². The fourth-order valence-electron chi connectivity index (χ4n) is 6.49. The molecule has 0 aliphatic carbocycles. The third kappa shape index (κ3) is 6.28. The van der Waals surface area contributed by atoms with E-state index in [0.29, 0.717) is 54.3 Å². The van der Waals surface area contributed by atoms with Crippen molar-refractivity contribution in [2.45, 2.75) is 45.4 Å². The van der Waals surface area contributed by atoms with Crippen LogP contribution < -0.4 is 15.5 Å². The van der Waals surface area contributed by atoms with Crippen LogP contribution in [0.4, 0.5) is 26.0 Å². The zero-order chi connectivity index (χ0) is 37.3. The number of carbonyl (C=O) groups is 1. The molecule has 20 heteroatoms. The molecule has 51 heavy (non-hydrogen) atoms. The number of H-pyrrole nitrogens is 1. The fraction of sp³-hybridized carbons (Fsp3) is 0.355. The number of halogens is 2. The summed E-state index contributed by atoms with van der Waals surface area (Å²) in [4.78, 5) is 16.2. The number of rotatable bonds is 7. The first-order chi connectivity index (χ1) is 23.7. The SMILES string of the molecule is [B]C([B])(c1cc(F)cc(F)c1)c1ccc2[nH]nc(NC(=O)c3ccc(N4C([B])([B])C([B])([B])N(C)C([B])([B])C4([B])[B])cc3NC3CCOCC3)c2c1. The third-order valence-corrected chi connectivity index (χ3v) is 9.83. The molecule has 8 nitrogen and oxygen atoms in total. The Morgan fingerprint density at radius 1 is 0.863 bits per heavy atom. The lowest BCUT2D eigenvalue weighted by atomic mass is 9.26. The lowest BCUT2D eigenvalue weighted by Crippen LogP contribution is -2.91. The number of anilines is 3. The Labute approximate surface area is 309 Å². The molecule has 0 atom stereocenters. The summed E-state index contributed by atoms with van der Waals surface area (Å²) in [5, 5.41) is 3.51. The predicted molar refractivity (Wildman–Crippen MR) is 204 cm³/mol. The smallest absolute Gasteiger partial charge is 0.258 e. The largest absolute Gasteiger partial charge is 0.394 e. The number of benzene rings is 3. The number of nitrogens with one attached hydrogen (secondary N) is 3. The van der Waals surface area contributed by atoms with E-state index in [4.69, 9.17) is 83.2 Å². The molecule has 0 bridgehead atoms. The first kappa shape index (κ1) is 37.4. The van der Waals surface area contributed by atoms with Gasteiger partial charge in [-0.15, -0.1) is 0 Å². The summed E-state index contributed by atoms with van der Waals surface area (Å²) >= 11 is 0. The number of hydrogen-bond donors (Lipinski definition) is 3. The van der Waals surface area contributed by atoms with E-state index < -0.39 is 44.1 Å². The average Bonchev–Trinajstić information content (AvgIpc) is 3.45. The summed E-state index contributed by atoms with van der Waals surface area (Å²) in [6, 6.07) is 12.0. The van der Waals surface area contributed by atoms with Crippen molar-refractivity contribution in [2.75, 3.05) is 35.8 Å². The van der Waals surface area contributed by atoms with Crippen molar-refractivity contribution < 1.29 is 18.3 Å². The molecule has 2 aliphatic heterocycles. The molecule has 234 valence electrons. The van der Waals surface area contributed by atoms with Crippen LogP contribution in [0.3, 0.4) is 0 Å². The minimum absolute atomic E-state index is 0.00122. The Morgan fingerprint density at radius 3 is 2.08 bits per heavy atom. The number of nitrogens with zero attached hydrogens (tertiary/aromatic N) is 3. The summed E-state index contributed by atoms with van der Waals surface area (Å²) in [5.74, 6) is -2.13. The van der Waals surface area contributed by atoms with Crippen molar-refractivity contribution in [3.63, 3.8) is 0 Å². The fourth-order valence-corrected chi connectivity index (χ4v) is 6.49. The van der Waals surface area contributed by atoms with Gasteiger partial charge in [0, 0.05) is 42.1 Å². The van der Waals surface area contributed by atoms with E-state index in [2.05, 4.69) is 20.8 Å². The van der Waals surface area contributed by atoms with E-state index in [1.54, 1.807) is 24.3 Å². The van der Waals surface area contributed by atoms with E-state index in [9.17, 15) is 13.6 Å². The maximum atomic E-state index is 14.0. The quantitative estimate of drug-likeness (QED) is 0.242. The Balaban J connectivity index is 1.39. The second-order valence-corrected chi connectivity index (χ2v) is 13.3. The summed E-state index contributed by atoms with van der Waals surface area (Å²) in [5.41, 5.74) is 1.50. The molecule has 0 saturated carbocycles. The van der Waals surface area contributed by atoms with Gasteiger partial charge in [0.25, 0.3) is 5.91 Å². The van der Waals surface area contributed by atoms with Crippen LogP contribution in [0.2, 0.25) is 0 Å². The van der Waals surface area contributed by atoms with E-state index in [1.165, 1.54) is 19.2 Å². The normalized spacial score (nSPS) is 20.2. The van der Waals surface area contributed by atoms with Crippen LogP contribution in [-0.4, -0.2) is 147 Å². The molecule has 20 radical (unpaired) electrons. The Kier molecular flexibility index (Phi) is 9.48. The van der Waals surface area contributed by atoms with Crippen LogP contribution in [0.1, 0.15) is 34.3 Å². The Hall–Kier alpha value is -3.37. The lowest BCUT2D eigenvalue weighted by molar-refractivity contribution is 0.0904. The van der Waals surface area contributed by atoms with Gasteiger partial charge in [-0.1, -0.05) is 16.8 Å². The predicted octanol–water partition coefficient (Wildman–Crippen LogP) is -0.0626. The maximum Gasteiger partial charge on any atom is 0.258 e. The van der Waals surface area contributed by atoms with Gasteiger partial charge < -0.3 is 25.2 Å². The summed E-state index contributed by atoms with van der Waals surface area (Å²) in [6.07, 6.45) is 1.28. The molecule has 3 heterocycles. The summed E-state index contributed by atoms with van der Waals surface area (Å²) < 4.78 is 33.6. The van der Waals surface area contributed by atoms with Crippen molar-refractivity contribution in [2.24, 2.45) is 0 Å². The van der Waals surface area contributed by atoms with Gasteiger partial charge in [0.1, 0.15) is 11.6 Å². The average molecular weight is 659 g/mol. The van der Waals surface area contributed by atoms with Gasteiger partial charge in [0.2, 0.25) is 0 Å². The number of carbonyl (C=O) groups excluding carboxylic acids is 1. The molecule has 1 aromatic heterocycles. The molecule has 3 N–H and O–H groups in total. The van der Waals surface area contributed by atoms with Crippen LogP contribution in [0.15, 0.2) is 54.6 Å². The molecule has 2 saturated heterocycles. The molecule has 6 rings (SSSR count). The molecule has 3 aromatic carbocycles. The van der Waals surface area contributed by atoms with Crippen LogP contribution in [0, 0.1) is 11.6 Å². The lowest BCUT2D eigenvalue weighted by Gasteiger charge is -2.75. The van der Waals surface area contributed by atoms with Crippen molar-refractivity contribution in [3.05, 3.63) is 82.9 Å². The molecular formula is C31H24B10F2N6O2. The Morgan fingerprint density at radius 2 is 1.47 bits per heavy atom. The van der Waals surface area contributed by atoms with Gasteiger partial charge in [-0.3, -0.25) is 9.89 Å². The topological polar surface area (TPSA) is 85.5 Å². The molecule has 0 unspecified atom stereocenters. The van der Waals surface area contributed by atoms with Crippen LogP contribution in [0.25, 0.3) is 10.9 Å². The van der Waals surface area contributed by atoms with Gasteiger partial charge >= 0.3 is 0 Å². The second kappa shape index (κ2) is 12.9. The second-order valence-electron chi connectivity index (χ2n) is 13.3. The highest BCUT2D eigenvalue weighted by atomic mass is 19.1. The van der Waals surface area contributed by atoms with Gasteiger partial charge in [-0.05, 0) is 89.3 Å². The van der Waals surface area contributed by atoms with E-state index in [0.717, 1.165) is 21.9 Å².